The zero-order chi connectivity index (χ0) is 20.4. The van der Waals surface area contributed by atoms with Crippen molar-refractivity contribution in [3.8, 4) is 12.1 Å². The molecule has 2 nitrogen and oxygen atoms in total. The second-order valence-corrected chi connectivity index (χ2v) is 8.21. The first kappa shape index (κ1) is 19.4. The van der Waals surface area contributed by atoms with E-state index in [1.54, 1.807) is 0 Å². The van der Waals surface area contributed by atoms with E-state index in [2.05, 4.69) is 64.1 Å². The highest BCUT2D eigenvalue weighted by atomic mass is 14.3. The summed E-state index contributed by atoms with van der Waals surface area (Å²) in [6.45, 7) is 8.81. The first-order valence-corrected chi connectivity index (χ1v) is 9.41. The van der Waals surface area contributed by atoms with Gasteiger partial charge < -0.3 is 0 Å². The average Bonchev–Trinajstić information content (AvgIpc) is 2.74. The van der Waals surface area contributed by atoms with Gasteiger partial charge in [0.15, 0.2) is 0 Å². The molecule has 0 radical (unpaired) electrons. The highest BCUT2D eigenvalue weighted by Gasteiger charge is 2.26. The van der Waals surface area contributed by atoms with Crippen LogP contribution in [0.4, 0.5) is 0 Å². The number of hydrogen-bond acceptors (Lipinski definition) is 2. The number of rotatable bonds is 4. The molecular weight excluding hydrogens is 340 g/mol. The molecule has 0 N–H and O–H groups in total. The van der Waals surface area contributed by atoms with Crippen LogP contribution < -0.4 is 0 Å². The Bertz CT molecular complexity index is 951. The normalized spacial score (nSPS) is 11.5. The molecule has 0 unspecified atom stereocenters. The van der Waals surface area contributed by atoms with Gasteiger partial charge in [0.05, 0.1) is 23.3 Å². The Morgan fingerprint density at radius 1 is 0.464 bits per heavy atom. The third kappa shape index (κ3) is 3.55. The molecule has 28 heavy (non-hydrogen) atoms. The van der Waals surface area contributed by atoms with Crippen LogP contribution in [0.25, 0.3) is 0 Å². The summed E-state index contributed by atoms with van der Waals surface area (Å²) < 4.78 is 0. The predicted molar refractivity (Wildman–Crippen MR) is 113 cm³/mol. The van der Waals surface area contributed by atoms with Crippen molar-refractivity contribution >= 4 is 0 Å². The van der Waals surface area contributed by atoms with Gasteiger partial charge in [-0.1, -0.05) is 76.2 Å². The van der Waals surface area contributed by atoms with Crippen LogP contribution in [0.15, 0.2) is 72.8 Å². The molecule has 0 saturated carbocycles. The summed E-state index contributed by atoms with van der Waals surface area (Å²) in [4.78, 5) is 0. The molecule has 3 aromatic carbocycles. The van der Waals surface area contributed by atoms with Gasteiger partial charge in [-0.15, -0.1) is 0 Å². The molecule has 0 bridgehead atoms. The van der Waals surface area contributed by atoms with Crippen molar-refractivity contribution in [2.75, 3.05) is 0 Å². The lowest BCUT2D eigenvalue weighted by molar-refractivity contribution is 0.626. The minimum absolute atomic E-state index is 0.148. The van der Waals surface area contributed by atoms with E-state index in [1.165, 1.54) is 22.3 Å². The first-order valence-electron chi connectivity index (χ1n) is 9.41. The zero-order valence-corrected chi connectivity index (χ0v) is 16.8. The summed E-state index contributed by atoms with van der Waals surface area (Å²) in [6, 6.07) is 28.8. The fraction of sp³-hybridized carbons (Fsp3) is 0.231. The van der Waals surface area contributed by atoms with Gasteiger partial charge >= 0.3 is 0 Å². The van der Waals surface area contributed by atoms with Crippen LogP contribution >= 0.6 is 0 Å². The summed E-state index contributed by atoms with van der Waals surface area (Å²) in [5.41, 5.74) is 5.90. The van der Waals surface area contributed by atoms with Crippen molar-refractivity contribution in [1.82, 2.24) is 0 Å². The Labute approximate surface area is 167 Å². The first-order chi connectivity index (χ1) is 13.3. The Morgan fingerprint density at radius 2 is 0.679 bits per heavy atom. The SMILES string of the molecule is CC(C)(c1ccc(C#N)cc1)c1ccc(C(C)(C)c2ccc(C#N)cc2)cc1. The van der Waals surface area contributed by atoms with Crippen LogP contribution in [0, 0.1) is 22.7 Å². The van der Waals surface area contributed by atoms with E-state index in [0.29, 0.717) is 11.1 Å². The van der Waals surface area contributed by atoms with Crippen LogP contribution in [0.1, 0.15) is 61.1 Å². The van der Waals surface area contributed by atoms with Gasteiger partial charge in [-0.3, -0.25) is 0 Å². The molecule has 2 heteroatoms. The van der Waals surface area contributed by atoms with Crippen molar-refractivity contribution in [3.63, 3.8) is 0 Å². The van der Waals surface area contributed by atoms with Crippen molar-refractivity contribution in [2.45, 2.75) is 38.5 Å². The molecule has 0 spiro atoms. The van der Waals surface area contributed by atoms with E-state index in [4.69, 9.17) is 10.5 Å². The topological polar surface area (TPSA) is 47.6 Å². The second kappa shape index (κ2) is 7.34. The molecular formula is C26H24N2. The molecule has 0 saturated heterocycles. The van der Waals surface area contributed by atoms with Crippen LogP contribution in [-0.4, -0.2) is 0 Å². The minimum Gasteiger partial charge on any atom is -0.192 e. The van der Waals surface area contributed by atoms with Crippen LogP contribution in [-0.2, 0) is 10.8 Å². The maximum Gasteiger partial charge on any atom is 0.0991 e. The molecule has 0 aromatic heterocycles. The molecule has 0 aliphatic carbocycles. The molecule has 3 aromatic rings. The Balaban J connectivity index is 1.91. The van der Waals surface area contributed by atoms with E-state index in [9.17, 15) is 0 Å². The summed E-state index contributed by atoms with van der Waals surface area (Å²) in [5, 5.41) is 18.0. The lowest BCUT2D eigenvalue weighted by Gasteiger charge is -2.29. The van der Waals surface area contributed by atoms with Crippen LogP contribution in [0.2, 0.25) is 0 Å². The second-order valence-electron chi connectivity index (χ2n) is 8.21. The lowest BCUT2D eigenvalue weighted by Crippen LogP contribution is -2.21. The van der Waals surface area contributed by atoms with Crippen molar-refractivity contribution in [1.29, 1.82) is 10.5 Å². The quantitative estimate of drug-likeness (QED) is 0.563. The van der Waals surface area contributed by atoms with E-state index in [-0.39, 0.29) is 10.8 Å². The summed E-state index contributed by atoms with van der Waals surface area (Å²) in [5.74, 6) is 0. The minimum atomic E-state index is -0.148. The van der Waals surface area contributed by atoms with Gasteiger partial charge in [0.25, 0.3) is 0 Å². The molecule has 0 fully saturated rings. The van der Waals surface area contributed by atoms with Crippen LogP contribution in [0.3, 0.4) is 0 Å². The van der Waals surface area contributed by atoms with Gasteiger partial charge in [-0.2, -0.15) is 10.5 Å². The van der Waals surface area contributed by atoms with Gasteiger partial charge in [0.1, 0.15) is 0 Å². The van der Waals surface area contributed by atoms with Gasteiger partial charge in [-0.25, -0.2) is 0 Å². The molecule has 138 valence electrons. The van der Waals surface area contributed by atoms with Crippen molar-refractivity contribution < 1.29 is 0 Å². The standard InChI is InChI=1S/C26H24N2/c1-25(2,21-9-5-19(17-27)6-10-21)23-13-15-24(16-14-23)26(3,4)22-11-7-20(18-28)8-12-22/h5-16H,1-4H3. The van der Waals surface area contributed by atoms with E-state index in [1.807, 2.05) is 48.5 Å². The Morgan fingerprint density at radius 3 is 0.893 bits per heavy atom. The summed E-state index contributed by atoms with van der Waals surface area (Å²) in [7, 11) is 0. The number of benzene rings is 3. The van der Waals surface area contributed by atoms with Gasteiger partial charge in [-0.05, 0) is 46.5 Å². The zero-order valence-electron chi connectivity index (χ0n) is 16.8. The fourth-order valence-electron chi connectivity index (χ4n) is 3.56. The predicted octanol–water partition coefficient (Wildman–Crippen LogP) is 6.08. The summed E-state index contributed by atoms with van der Waals surface area (Å²) in [6.07, 6.45) is 0. The fourth-order valence-corrected chi connectivity index (χ4v) is 3.56. The Hall–Kier alpha value is -3.36. The van der Waals surface area contributed by atoms with Crippen molar-refractivity contribution in [3.05, 3.63) is 106 Å². The average molecular weight is 364 g/mol. The van der Waals surface area contributed by atoms with E-state index >= 15 is 0 Å². The largest absolute Gasteiger partial charge is 0.192 e. The monoisotopic (exact) mass is 364 g/mol. The van der Waals surface area contributed by atoms with Crippen LogP contribution in [0.5, 0.6) is 0 Å². The highest BCUT2D eigenvalue weighted by Crippen LogP contribution is 2.35. The molecule has 3 rings (SSSR count). The molecule has 0 amide bonds. The number of nitrogens with zero attached hydrogens (tertiary/aromatic N) is 2. The van der Waals surface area contributed by atoms with Gasteiger partial charge in [0.2, 0.25) is 0 Å². The molecule has 0 aliphatic rings. The number of hydrogen-bond donors (Lipinski definition) is 0. The summed E-state index contributed by atoms with van der Waals surface area (Å²) >= 11 is 0. The lowest BCUT2D eigenvalue weighted by atomic mass is 9.74. The third-order valence-corrected chi connectivity index (χ3v) is 5.80. The Kier molecular flexibility index (Phi) is 5.08. The smallest absolute Gasteiger partial charge is 0.0991 e. The van der Waals surface area contributed by atoms with E-state index in [0.717, 1.165) is 0 Å². The molecule has 0 aliphatic heterocycles. The van der Waals surface area contributed by atoms with E-state index < -0.39 is 0 Å². The molecule has 0 heterocycles. The highest BCUT2D eigenvalue weighted by molar-refractivity contribution is 5.45. The maximum absolute atomic E-state index is 9.01. The van der Waals surface area contributed by atoms with Crippen molar-refractivity contribution in [2.24, 2.45) is 0 Å². The molecule has 0 atom stereocenters. The third-order valence-electron chi connectivity index (χ3n) is 5.80. The van der Waals surface area contributed by atoms with Gasteiger partial charge in [0, 0.05) is 10.8 Å². The maximum atomic E-state index is 9.01. The number of nitriles is 2.